The van der Waals surface area contributed by atoms with Gasteiger partial charge in [-0.25, -0.2) is 8.42 Å². The zero-order valence-electron chi connectivity index (χ0n) is 12.1. The summed E-state index contributed by atoms with van der Waals surface area (Å²) in [6, 6.07) is 2.27. The average Bonchev–Trinajstić information content (AvgIpc) is 3.19. The van der Waals surface area contributed by atoms with Crippen LogP contribution in [0.15, 0.2) is 20.0 Å². The number of furan rings is 1. The van der Waals surface area contributed by atoms with Gasteiger partial charge in [0.25, 0.3) is 0 Å². The molecule has 0 bridgehead atoms. The fourth-order valence-electron chi connectivity index (χ4n) is 2.75. The molecule has 0 amide bonds. The molecule has 1 N–H and O–H groups in total. The number of hydrogen-bond donors (Lipinski definition) is 1. The fourth-order valence-corrected chi connectivity index (χ4v) is 5.41. The highest BCUT2D eigenvalue weighted by atomic mass is 79.9. The van der Waals surface area contributed by atoms with Crippen LogP contribution in [0, 0.1) is 0 Å². The Bertz CT molecular complexity index is 610. The van der Waals surface area contributed by atoms with Gasteiger partial charge in [-0.3, -0.25) is 0 Å². The Morgan fingerprint density at radius 1 is 1.38 bits per heavy atom. The molecule has 1 unspecified atom stereocenters. The standard InChI is InChI=1S/C14H21BrN2O3S/c1-10-4-2-3-7-17(10)21(18,19)13-8-12(20-14(13)15)9-16-11-5-6-11/h8,10-11,16H,2-7,9H2,1H3. The van der Waals surface area contributed by atoms with E-state index in [-0.39, 0.29) is 10.9 Å². The third kappa shape index (κ3) is 3.36. The Morgan fingerprint density at radius 3 is 2.81 bits per heavy atom. The highest BCUT2D eigenvalue weighted by molar-refractivity contribution is 9.10. The topological polar surface area (TPSA) is 62.6 Å². The molecule has 21 heavy (non-hydrogen) atoms. The van der Waals surface area contributed by atoms with E-state index in [9.17, 15) is 8.42 Å². The quantitative estimate of drug-likeness (QED) is 0.857. The van der Waals surface area contributed by atoms with Gasteiger partial charge in [0.05, 0.1) is 6.54 Å². The molecule has 1 saturated heterocycles. The van der Waals surface area contributed by atoms with Gasteiger partial charge in [0.1, 0.15) is 10.7 Å². The van der Waals surface area contributed by atoms with Crippen LogP contribution in [-0.4, -0.2) is 31.4 Å². The molecule has 1 aliphatic heterocycles. The molecule has 0 aromatic carbocycles. The van der Waals surface area contributed by atoms with Crippen molar-refractivity contribution in [3.63, 3.8) is 0 Å². The maximum atomic E-state index is 12.8. The number of hydrogen-bond acceptors (Lipinski definition) is 4. The molecule has 7 heteroatoms. The first-order valence-electron chi connectivity index (χ1n) is 7.52. The minimum absolute atomic E-state index is 0.0542. The summed E-state index contributed by atoms with van der Waals surface area (Å²) in [5.74, 6) is 0.664. The van der Waals surface area contributed by atoms with Crippen molar-refractivity contribution >= 4 is 26.0 Å². The highest BCUT2D eigenvalue weighted by Gasteiger charge is 2.34. The van der Waals surface area contributed by atoms with E-state index < -0.39 is 10.0 Å². The molecule has 118 valence electrons. The molecular formula is C14H21BrN2O3S. The Labute approximate surface area is 134 Å². The van der Waals surface area contributed by atoms with Crippen molar-refractivity contribution < 1.29 is 12.8 Å². The zero-order chi connectivity index (χ0) is 15.0. The largest absolute Gasteiger partial charge is 0.452 e. The van der Waals surface area contributed by atoms with Crippen LogP contribution in [0.3, 0.4) is 0 Å². The minimum Gasteiger partial charge on any atom is -0.452 e. The molecule has 1 atom stereocenters. The Morgan fingerprint density at radius 2 is 2.14 bits per heavy atom. The van der Waals surface area contributed by atoms with Gasteiger partial charge >= 0.3 is 0 Å². The van der Waals surface area contributed by atoms with Crippen molar-refractivity contribution in [3.05, 3.63) is 16.5 Å². The molecule has 0 radical (unpaired) electrons. The van der Waals surface area contributed by atoms with Crippen molar-refractivity contribution in [3.8, 4) is 0 Å². The molecule has 2 fully saturated rings. The molecule has 0 spiro atoms. The second-order valence-electron chi connectivity index (χ2n) is 5.97. The summed E-state index contributed by atoms with van der Waals surface area (Å²) < 4.78 is 33.1. The van der Waals surface area contributed by atoms with Crippen LogP contribution >= 0.6 is 15.9 Å². The van der Waals surface area contributed by atoms with Gasteiger partial charge in [-0.05, 0) is 48.5 Å². The molecule has 3 rings (SSSR count). The molecule has 1 saturated carbocycles. The molecule has 5 nitrogen and oxygen atoms in total. The number of piperidine rings is 1. The van der Waals surface area contributed by atoms with Crippen LogP contribution < -0.4 is 5.32 Å². The van der Waals surface area contributed by atoms with Crippen LogP contribution in [0.1, 0.15) is 44.8 Å². The van der Waals surface area contributed by atoms with E-state index in [0.29, 0.717) is 29.6 Å². The lowest BCUT2D eigenvalue weighted by molar-refractivity contribution is 0.268. The maximum absolute atomic E-state index is 12.8. The average molecular weight is 377 g/mol. The first-order chi connectivity index (χ1) is 9.98. The number of sulfonamides is 1. The van der Waals surface area contributed by atoms with Crippen molar-refractivity contribution in [2.75, 3.05) is 6.54 Å². The van der Waals surface area contributed by atoms with Gasteiger partial charge in [-0.2, -0.15) is 4.31 Å². The van der Waals surface area contributed by atoms with Crippen molar-refractivity contribution in [2.45, 2.75) is 62.6 Å². The fraction of sp³-hybridized carbons (Fsp3) is 0.714. The van der Waals surface area contributed by atoms with Crippen molar-refractivity contribution in [2.24, 2.45) is 0 Å². The molecule has 2 aliphatic rings. The highest BCUT2D eigenvalue weighted by Crippen LogP contribution is 2.32. The molecule has 2 heterocycles. The normalized spacial score (nSPS) is 24.4. The first-order valence-corrected chi connectivity index (χ1v) is 9.75. The lowest BCUT2D eigenvalue weighted by Crippen LogP contribution is -2.41. The Kier molecular flexibility index (Phi) is 4.45. The molecule has 1 aromatic heterocycles. The summed E-state index contributed by atoms with van der Waals surface area (Å²) in [5.41, 5.74) is 0. The number of halogens is 1. The second kappa shape index (κ2) is 6.02. The smallest absolute Gasteiger partial charge is 0.247 e. The van der Waals surface area contributed by atoms with Crippen LogP contribution in [0.5, 0.6) is 0 Å². The van der Waals surface area contributed by atoms with Gasteiger partial charge < -0.3 is 9.73 Å². The van der Waals surface area contributed by atoms with Crippen LogP contribution in [0.25, 0.3) is 0 Å². The summed E-state index contributed by atoms with van der Waals surface area (Å²) in [7, 11) is -3.48. The van der Waals surface area contributed by atoms with E-state index in [1.165, 1.54) is 12.8 Å². The third-order valence-corrected chi connectivity index (χ3v) is 7.05. The predicted octanol–water partition coefficient (Wildman–Crippen LogP) is 2.86. The summed E-state index contributed by atoms with van der Waals surface area (Å²) in [6.45, 7) is 3.14. The summed E-state index contributed by atoms with van der Waals surface area (Å²) in [5, 5.41) is 3.33. The predicted molar refractivity (Wildman–Crippen MR) is 83.5 cm³/mol. The second-order valence-corrected chi connectivity index (χ2v) is 8.55. The minimum atomic E-state index is -3.48. The summed E-state index contributed by atoms with van der Waals surface area (Å²) >= 11 is 3.26. The van der Waals surface area contributed by atoms with E-state index >= 15 is 0 Å². The van der Waals surface area contributed by atoms with Crippen LogP contribution in [0.4, 0.5) is 0 Å². The monoisotopic (exact) mass is 376 g/mol. The SMILES string of the molecule is CC1CCCCN1S(=O)(=O)c1cc(CNC2CC2)oc1Br. The third-order valence-electron chi connectivity index (χ3n) is 4.18. The Hall–Kier alpha value is -0.370. The summed E-state index contributed by atoms with van der Waals surface area (Å²) in [4.78, 5) is 0.254. The van der Waals surface area contributed by atoms with Gasteiger partial charge in [0.15, 0.2) is 4.67 Å². The zero-order valence-corrected chi connectivity index (χ0v) is 14.5. The Balaban J connectivity index is 1.80. The van der Waals surface area contributed by atoms with E-state index in [2.05, 4.69) is 21.2 Å². The van der Waals surface area contributed by atoms with Gasteiger partial charge in [-0.15, -0.1) is 0 Å². The van der Waals surface area contributed by atoms with Crippen molar-refractivity contribution in [1.29, 1.82) is 0 Å². The van der Waals surface area contributed by atoms with Gasteiger partial charge in [0, 0.05) is 24.7 Å². The lowest BCUT2D eigenvalue weighted by Gasteiger charge is -2.31. The molecule has 1 aromatic rings. The van der Waals surface area contributed by atoms with Crippen molar-refractivity contribution in [1.82, 2.24) is 9.62 Å². The van der Waals surface area contributed by atoms with Crippen LogP contribution in [0.2, 0.25) is 0 Å². The van der Waals surface area contributed by atoms with Crippen LogP contribution in [-0.2, 0) is 16.6 Å². The lowest BCUT2D eigenvalue weighted by atomic mass is 10.1. The van der Waals surface area contributed by atoms with E-state index in [1.54, 1.807) is 10.4 Å². The number of nitrogens with one attached hydrogen (secondary N) is 1. The number of rotatable bonds is 5. The van der Waals surface area contributed by atoms with Gasteiger partial charge in [0.2, 0.25) is 10.0 Å². The maximum Gasteiger partial charge on any atom is 0.247 e. The first kappa shape index (κ1) is 15.5. The van der Waals surface area contributed by atoms with E-state index in [1.807, 2.05) is 6.92 Å². The van der Waals surface area contributed by atoms with E-state index in [0.717, 1.165) is 19.3 Å². The summed E-state index contributed by atoms with van der Waals surface area (Å²) in [6.07, 6.45) is 5.33. The van der Waals surface area contributed by atoms with E-state index in [4.69, 9.17) is 4.42 Å². The van der Waals surface area contributed by atoms with Gasteiger partial charge in [-0.1, -0.05) is 6.42 Å². The molecular weight excluding hydrogens is 356 g/mol. The number of nitrogens with zero attached hydrogens (tertiary/aromatic N) is 1. The molecule has 1 aliphatic carbocycles.